The van der Waals surface area contributed by atoms with Gasteiger partial charge in [-0.25, -0.2) is 14.6 Å². The Bertz CT molecular complexity index is 3180. The predicted octanol–water partition coefficient (Wildman–Crippen LogP) is 3.70. The molecule has 0 aliphatic carbocycles. The maximum Gasteiger partial charge on any atom is 0.415 e. The number of piperidine rings is 2. The maximum absolute atomic E-state index is 14.5. The Kier molecular flexibility index (Phi) is 27.4. The largest absolute Gasteiger partial charge is 0.457 e. The summed E-state index contributed by atoms with van der Waals surface area (Å²) in [5.41, 5.74) is 1.01. The van der Waals surface area contributed by atoms with E-state index in [4.69, 9.17) is 42.9 Å². The van der Waals surface area contributed by atoms with Crippen molar-refractivity contribution in [1.82, 2.24) is 45.5 Å². The molecule has 3 atom stereocenters. The number of carbonyl (C=O) groups is 9. The van der Waals surface area contributed by atoms with Gasteiger partial charge in [-0.15, -0.1) is 0 Å². The summed E-state index contributed by atoms with van der Waals surface area (Å²) in [6.07, 6.45) is 9.09. The van der Waals surface area contributed by atoms with Crippen molar-refractivity contribution in [3.05, 3.63) is 56.9 Å². The number of aryl methyl sites for hydroxylation is 1. The number of carbonyl (C=O) groups excluding carboxylic acids is 9. The molecule has 93 heavy (non-hydrogen) atoms. The lowest BCUT2D eigenvalue weighted by atomic mass is 9.85. The van der Waals surface area contributed by atoms with Crippen molar-refractivity contribution in [1.29, 1.82) is 0 Å². The van der Waals surface area contributed by atoms with Crippen molar-refractivity contribution in [3.63, 3.8) is 0 Å². The SMILES string of the molecule is CCOCCOCC(=O)NC(CCCCNC(=O)COCCOCCOCCNC(=O)CCCCCN1C(=O)CC(C)C1=O)C(=O)NCC(=O)O[C@]1(CC)C(=O)OCc2c1cc1n(c2=O)Cc2c-1nc1ccc(OC(=O)N3CCC(N4CCCCC4)CC3)cc1c2CC. The van der Waals surface area contributed by atoms with Crippen LogP contribution in [0.3, 0.4) is 0 Å². The van der Waals surface area contributed by atoms with Crippen LogP contribution in [-0.4, -0.2) is 208 Å². The van der Waals surface area contributed by atoms with E-state index in [0.29, 0.717) is 113 Å². The number of imide groups is 1. The molecular weight excluding hydrogens is 1210 g/mol. The molecule has 0 radical (unpaired) electrons. The molecule has 3 fully saturated rings. The number of cyclic esters (lactones) is 1. The fourth-order valence-corrected chi connectivity index (χ4v) is 12.6. The van der Waals surface area contributed by atoms with E-state index in [0.717, 1.165) is 48.9 Å². The van der Waals surface area contributed by atoms with Crippen LogP contribution < -0.4 is 31.6 Å². The molecule has 510 valence electrons. The van der Waals surface area contributed by atoms with Crippen LogP contribution in [0, 0.1) is 5.92 Å². The number of hydrogen-bond acceptors (Lipinski definition) is 20. The molecule has 7 heterocycles. The minimum Gasteiger partial charge on any atom is -0.457 e. The number of benzene rings is 1. The zero-order valence-corrected chi connectivity index (χ0v) is 54.4. The van der Waals surface area contributed by atoms with E-state index in [1.165, 1.54) is 24.2 Å². The first-order chi connectivity index (χ1) is 45.0. The molecule has 8 rings (SSSR count). The average molecular weight is 1300 g/mol. The fourth-order valence-electron chi connectivity index (χ4n) is 12.6. The van der Waals surface area contributed by atoms with Crippen molar-refractivity contribution in [3.8, 4) is 17.1 Å². The van der Waals surface area contributed by atoms with Gasteiger partial charge in [-0.3, -0.25) is 43.3 Å². The Morgan fingerprint density at radius 2 is 1.45 bits per heavy atom. The lowest BCUT2D eigenvalue weighted by Crippen LogP contribution is -2.51. The Balaban J connectivity index is 0.769. The standard InChI is InChI=1S/C66H93N9O18/c1-5-47-48-37-46(92-65(85)73-27-20-45(21-28-73)72-24-13-9-14-25-72)18-19-52(48)71-60-49(47)40-75-54(60)38-51-50(63(75)83)41-91-64(84)66(51,6-2)93-59(80)39-69-61(81)53(70-57(78)43-90-34-30-86-7-3)16-11-12-22-67-56(77)42-89-35-33-88-32-31-87-29-23-68-55(76)17-10-8-15-26-74-58(79)36-44(4)62(74)82/h18-19,37-38,44-45,53H,5-17,20-36,39-43H2,1-4H3,(H,67,77)(H,68,76)(H,69,81)(H,70,78)/t44?,53?,66-/m0/s1. The van der Waals surface area contributed by atoms with E-state index < -0.39 is 53.6 Å². The monoisotopic (exact) mass is 1300 g/mol. The Labute approximate surface area is 542 Å². The Morgan fingerprint density at radius 1 is 0.742 bits per heavy atom. The summed E-state index contributed by atoms with van der Waals surface area (Å²) in [5.74, 6) is -3.82. The van der Waals surface area contributed by atoms with Gasteiger partial charge >= 0.3 is 18.0 Å². The predicted molar refractivity (Wildman–Crippen MR) is 337 cm³/mol. The number of esters is 2. The van der Waals surface area contributed by atoms with Crippen molar-refractivity contribution in [2.45, 2.75) is 155 Å². The first-order valence-electron chi connectivity index (χ1n) is 33.2. The second-order valence-corrected chi connectivity index (χ2v) is 24.0. The summed E-state index contributed by atoms with van der Waals surface area (Å²) in [5, 5.41) is 11.5. The number of amides is 7. The minimum absolute atomic E-state index is 0.100. The van der Waals surface area contributed by atoms with Crippen molar-refractivity contribution < 1.29 is 81.0 Å². The van der Waals surface area contributed by atoms with Gasteiger partial charge < -0.3 is 73.5 Å². The molecule has 2 aromatic heterocycles. The van der Waals surface area contributed by atoms with Crippen LogP contribution in [0.4, 0.5) is 4.79 Å². The molecule has 0 bridgehead atoms. The zero-order valence-electron chi connectivity index (χ0n) is 54.4. The number of pyridine rings is 2. The summed E-state index contributed by atoms with van der Waals surface area (Å²) in [6.45, 7) is 12.3. The summed E-state index contributed by atoms with van der Waals surface area (Å²) in [4.78, 5) is 142. The highest BCUT2D eigenvalue weighted by Gasteiger charge is 2.51. The normalized spacial score (nSPS) is 18.4. The highest BCUT2D eigenvalue weighted by atomic mass is 16.6. The van der Waals surface area contributed by atoms with E-state index in [-0.39, 0.29) is 126 Å². The number of fused-ring (bicyclic) bond motifs is 5. The van der Waals surface area contributed by atoms with Gasteiger partial charge in [0.05, 0.1) is 75.3 Å². The first kappa shape index (κ1) is 71.4. The molecule has 7 amide bonds. The molecule has 3 saturated heterocycles. The summed E-state index contributed by atoms with van der Waals surface area (Å²) in [6, 6.07) is 6.31. The Hall–Kier alpha value is -7.43. The van der Waals surface area contributed by atoms with E-state index in [2.05, 4.69) is 26.2 Å². The highest BCUT2D eigenvalue weighted by Crippen LogP contribution is 2.43. The number of rotatable bonds is 37. The number of ether oxygens (including phenoxy) is 8. The van der Waals surface area contributed by atoms with Crippen LogP contribution in [0.1, 0.15) is 140 Å². The van der Waals surface area contributed by atoms with Crippen LogP contribution in [-0.2, 0) is 96.7 Å². The van der Waals surface area contributed by atoms with Crippen LogP contribution in [0.15, 0.2) is 29.1 Å². The van der Waals surface area contributed by atoms with Gasteiger partial charge in [-0.1, -0.05) is 33.6 Å². The van der Waals surface area contributed by atoms with E-state index in [1.807, 2.05) is 19.9 Å². The minimum atomic E-state index is -2.07. The summed E-state index contributed by atoms with van der Waals surface area (Å²) in [7, 11) is 0. The first-order valence-corrected chi connectivity index (χ1v) is 33.2. The number of unbranched alkanes of at least 4 members (excludes halogenated alkanes) is 3. The molecular formula is C66H93N9O18. The zero-order chi connectivity index (χ0) is 66.3. The van der Waals surface area contributed by atoms with E-state index in [9.17, 15) is 47.9 Å². The number of hydrogen-bond donors (Lipinski definition) is 4. The number of nitrogens with one attached hydrogen (secondary N) is 4. The molecule has 0 spiro atoms. The maximum atomic E-state index is 14.5. The van der Waals surface area contributed by atoms with Gasteiger partial charge in [0.15, 0.2) is 0 Å². The van der Waals surface area contributed by atoms with Gasteiger partial charge in [0.2, 0.25) is 41.0 Å². The third-order valence-electron chi connectivity index (χ3n) is 17.6. The molecule has 1 aromatic carbocycles. The molecule has 2 unspecified atom stereocenters. The van der Waals surface area contributed by atoms with Crippen LogP contribution in [0.5, 0.6) is 5.75 Å². The molecule has 3 aromatic rings. The lowest BCUT2D eigenvalue weighted by Gasteiger charge is -2.39. The molecule has 5 aliphatic heterocycles. The lowest BCUT2D eigenvalue weighted by molar-refractivity contribution is -0.189. The molecule has 27 nitrogen and oxygen atoms in total. The second kappa shape index (κ2) is 35.7. The van der Waals surface area contributed by atoms with Crippen LogP contribution in [0.25, 0.3) is 22.3 Å². The molecule has 27 heteroatoms. The fraction of sp³-hybridized carbons (Fsp3) is 0.652. The van der Waals surface area contributed by atoms with E-state index >= 15 is 0 Å². The third-order valence-corrected chi connectivity index (χ3v) is 17.6. The number of nitrogens with zero attached hydrogens (tertiary/aromatic N) is 5. The van der Waals surface area contributed by atoms with Crippen LogP contribution in [0.2, 0.25) is 0 Å². The second-order valence-electron chi connectivity index (χ2n) is 24.0. The molecule has 5 aliphatic rings. The van der Waals surface area contributed by atoms with Crippen molar-refractivity contribution in [2.75, 3.05) is 118 Å². The molecule has 0 saturated carbocycles. The van der Waals surface area contributed by atoms with Crippen molar-refractivity contribution >= 4 is 64.4 Å². The summed E-state index contributed by atoms with van der Waals surface area (Å²) >= 11 is 0. The number of likely N-dealkylation sites (tertiary alicyclic amines) is 3. The Morgan fingerprint density at radius 3 is 2.16 bits per heavy atom. The van der Waals surface area contributed by atoms with Gasteiger partial charge in [-0.2, -0.15) is 0 Å². The number of aromatic nitrogens is 2. The average Bonchev–Trinajstić information content (AvgIpc) is 1.66. The smallest absolute Gasteiger partial charge is 0.415 e. The molecule has 4 N–H and O–H groups in total. The topological polar surface area (TPSA) is 320 Å². The van der Waals surface area contributed by atoms with Gasteiger partial charge in [0, 0.05) is 80.6 Å². The van der Waals surface area contributed by atoms with Crippen molar-refractivity contribution in [2.24, 2.45) is 5.92 Å². The summed E-state index contributed by atoms with van der Waals surface area (Å²) < 4.78 is 46.2. The van der Waals surface area contributed by atoms with Gasteiger partial charge in [0.25, 0.3) is 5.56 Å². The van der Waals surface area contributed by atoms with Gasteiger partial charge in [0.1, 0.15) is 38.2 Å². The quantitative estimate of drug-likeness (QED) is 0.0284. The third kappa shape index (κ3) is 19.4. The van der Waals surface area contributed by atoms with Gasteiger partial charge in [-0.05, 0) is 120 Å². The van der Waals surface area contributed by atoms with E-state index in [1.54, 1.807) is 41.5 Å². The van der Waals surface area contributed by atoms with Crippen LogP contribution >= 0.6 is 0 Å². The highest BCUT2D eigenvalue weighted by molar-refractivity contribution is 6.03.